The second kappa shape index (κ2) is 8.57. The Bertz CT molecular complexity index is 1300. The lowest BCUT2D eigenvalue weighted by Gasteiger charge is -2.40. The Hall–Kier alpha value is -3.30. The smallest absolute Gasteiger partial charge is 0.174 e. The first kappa shape index (κ1) is 20.3. The highest BCUT2D eigenvalue weighted by Gasteiger charge is 2.40. The molecule has 1 aliphatic carbocycles. The van der Waals surface area contributed by atoms with Gasteiger partial charge in [-0.3, -0.25) is 0 Å². The van der Waals surface area contributed by atoms with Gasteiger partial charge < -0.3 is 4.90 Å². The van der Waals surface area contributed by atoms with E-state index in [4.69, 9.17) is 4.99 Å². The minimum Gasteiger partial charge on any atom is -0.308 e. The lowest BCUT2D eigenvalue weighted by atomic mass is 9.83. The van der Waals surface area contributed by atoms with E-state index in [2.05, 4.69) is 108 Å². The summed E-state index contributed by atoms with van der Waals surface area (Å²) in [4.78, 5) is 7.74. The number of allylic oxidation sites excluding steroid dienone is 1. The second-order valence-corrected chi connectivity index (χ2v) is 9.71. The number of fused-ring (bicyclic) bond motifs is 1. The van der Waals surface area contributed by atoms with Gasteiger partial charge >= 0.3 is 0 Å². The van der Waals surface area contributed by atoms with Crippen LogP contribution in [0.1, 0.15) is 47.6 Å². The molecule has 2 aliphatic heterocycles. The zero-order valence-corrected chi connectivity index (χ0v) is 19.6. The summed E-state index contributed by atoms with van der Waals surface area (Å²) < 4.78 is 0. The van der Waals surface area contributed by atoms with Gasteiger partial charge in [-0.25, -0.2) is 4.99 Å². The van der Waals surface area contributed by atoms with E-state index < -0.39 is 0 Å². The molecule has 3 aromatic carbocycles. The van der Waals surface area contributed by atoms with Crippen molar-refractivity contribution in [3.8, 4) is 0 Å². The Balaban J connectivity index is 1.49. The third-order valence-electron chi connectivity index (χ3n) is 6.64. The monoisotopic (exact) mass is 446 g/mol. The Morgan fingerprint density at radius 1 is 0.879 bits per heavy atom. The predicted octanol–water partition coefficient (Wildman–Crippen LogP) is 7.97. The molecule has 0 unspecified atom stereocenters. The average Bonchev–Trinajstić information content (AvgIpc) is 3.28. The molecule has 3 heteroatoms. The quantitative estimate of drug-likeness (QED) is 0.405. The molecule has 162 valence electrons. The van der Waals surface area contributed by atoms with Crippen molar-refractivity contribution in [3.63, 3.8) is 0 Å². The van der Waals surface area contributed by atoms with Gasteiger partial charge in [0.15, 0.2) is 5.17 Å². The lowest BCUT2D eigenvalue weighted by molar-refractivity contribution is 0.458. The second-order valence-electron chi connectivity index (χ2n) is 8.87. The number of aliphatic imine (C=N–C) groups is 1. The fourth-order valence-corrected chi connectivity index (χ4v) is 5.96. The van der Waals surface area contributed by atoms with Crippen LogP contribution in [0.25, 0.3) is 11.8 Å². The van der Waals surface area contributed by atoms with Crippen molar-refractivity contribution in [1.82, 2.24) is 4.90 Å². The van der Waals surface area contributed by atoms with E-state index in [0.717, 1.165) is 24.4 Å². The lowest BCUT2D eigenvalue weighted by Crippen LogP contribution is -2.34. The van der Waals surface area contributed by atoms with Crippen molar-refractivity contribution in [2.45, 2.75) is 32.2 Å². The van der Waals surface area contributed by atoms with E-state index in [-0.39, 0.29) is 6.04 Å². The standard InChI is InChI=1S/C30H26N2S/c1-21-15-17-23(18-16-21)27-20-33-30-31-28-25(19-22-9-4-2-5-10-22)13-8-14-26(28)29(32(27)30)24-11-6-3-7-12-24/h2-7,9-12,15-20,29H,8,13-14H2,1H3/b25-19+/t29-/m1/s1. The zero-order chi connectivity index (χ0) is 22.2. The molecule has 0 spiro atoms. The Kier molecular flexibility index (Phi) is 5.27. The maximum Gasteiger partial charge on any atom is 0.174 e. The Morgan fingerprint density at radius 3 is 2.36 bits per heavy atom. The van der Waals surface area contributed by atoms with Crippen LogP contribution in [0.2, 0.25) is 0 Å². The third kappa shape index (κ3) is 3.77. The first-order valence-corrected chi connectivity index (χ1v) is 12.5. The highest BCUT2D eigenvalue weighted by atomic mass is 32.2. The number of amidine groups is 1. The summed E-state index contributed by atoms with van der Waals surface area (Å²) in [6.07, 6.45) is 5.66. The van der Waals surface area contributed by atoms with E-state index in [1.165, 1.54) is 44.8 Å². The van der Waals surface area contributed by atoms with Crippen LogP contribution in [0, 0.1) is 6.92 Å². The molecule has 33 heavy (non-hydrogen) atoms. The van der Waals surface area contributed by atoms with Crippen LogP contribution in [0.4, 0.5) is 0 Å². The summed E-state index contributed by atoms with van der Waals surface area (Å²) in [5, 5.41) is 3.36. The highest BCUT2D eigenvalue weighted by Crippen LogP contribution is 2.51. The molecule has 0 saturated carbocycles. The van der Waals surface area contributed by atoms with E-state index in [0.29, 0.717) is 0 Å². The van der Waals surface area contributed by atoms with Crippen LogP contribution in [-0.4, -0.2) is 10.1 Å². The summed E-state index contributed by atoms with van der Waals surface area (Å²) in [6.45, 7) is 2.14. The molecular formula is C30H26N2S. The number of hydrogen-bond acceptors (Lipinski definition) is 3. The molecule has 3 aliphatic rings. The van der Waals surface area contributed by atoms with Crippen molar-refractivity contribution in [2.24, 2.45) is 4.99 Å². The first-order valence-electron chi connectivity index (χ1n) is 11.6. The molecule has 0 amide bonds. The fourth-order valence-electron chi connectivity index (χ4n) is 5.04. The van der Waals surface area contributed by atoms with Crippen molar-refractivity contribution < 1.29 is 0 Å². The summed E-state index contributed by atoms with van der Waals surface area (Å²) in [7, 11) is 0. The van der Waals surface area contributed by atoms with E-state index in [9.17, 15) is 0 Å². The van der Waals surface area contributed by atoms with E-state index >= 15 is 0 Å². The van der Waals surface area contributed by atoms with Gasteiger partial charge in [0.25, 0.3) is 0 Å². The van der Waals surface area contributed by atoms with Crippen LogP contribution < -0.4 is 0 Å². The maximum absolute atomic E-state index is 5.28. The summed E-state index contributed by atoms with van der Waals surface area (Å²) in [5.74, 6) is 0. The maximum atomic E-state index is 5.28. The van der Waals surface area contributed by atoms with Crippen LogP contribution in [-0.2, 0) is 0 Å². The van der Waals surface area contributed by atoms with E-state index in [1.54, 1.807) is 11.8 Å². The summed E-state index contributed by atoms with van der Waals surface area (Å²) in [6, 6.07) is 30.6. The van der Waals surface area contributed by atoms with Crippen molar-refractivity contribution in [2.75, 3.05) is 0 Å². The molecule has 0 radical (unpaired) electrons. The minimum atomic E-state index is 0.177. The molecule has 2 heterocycles. The topological polar surface area (TPSA) is 15.6 Å². The zero-order valence-electron chi connectivity index (χ0n) is 18.7. The fraction of sp³-hybridized carbons (Fsp3) is 0.167. The summed E-state index contributed by atoms with van der Waals surface area (Å²) >= 11 is 1.75. The molecule has 0 saturated heterocycles. The van der Waals surface area contributed by atoms with Gasteiger partial charge in [-0.05, 0) is 60.1 Å². The molecule has 3 aromatic rings. The molecule has 0 N–H and O–H groups in total. The number of nitrogens with zero attached hydrogens (tertiary/aromatic N) is 2. The SMILES string of the molecule is Cc1ccc(C2=CSC3=NC4=C(CCC/C4=C\c4ccccc4)[C@@H](c4ccccc4)N23)cc1. The van der Waals surface area contributed by atoms with E-state index in [1.807, 2.05) is 0 Å². The van der Waals surface area contributed by atoms with Crippen LogP contribution in [0.5, 0.6) is 0 Å². The molecule has 0 bridgehead atoms. The summed E-state index contributed by atoms with van der Waals surface area (Å²) in [5.41, 5.74) is 10.4. The Labute approximate surface area is 200 Å². The molecule has 2 nitrogen and oxygen atoms in total. The van der Waals surface area contributed by atoms with Crippen LogP contribution in [0.3, 0.4) is 0 Å². The number of thioether (sulfide) groups is 1. The largest absolute Gasteiger partial charge is 0.308 e. The number of aryl methyl sites for hydroxylation is 1. The van der Waals surface area contributed by atoms with Gasteiger partial charge in [-0.15, -0.1) is 0 Å². The van der Waals surface area contributed by atoms with Crippen molar-refractivity contribution in [3.05, 3.63) is 129 Å². The van der Waals surface area contributed by atoms with Crippen molar-refractivity contribution >= 4 is 28.7 Å². The number of rotatable bonds is 3. The molecule has 0 aromatic heterocycles. The number of hydrogen-bond donors (Lipinski definition) is 0. The van der Waals surface area contributed by atoms with Crippen LogP contribution in [0.15, 0.2) is 112 Å². The highest BCUT2D eigenvalue weighted by molar-refractivity contribution is 8.16. The molecule has 6 rings (SSSR count). The third-order valence-corrected chi connectivity index (χ3v) is 7.48. The number of benzene rings is 3. The normalized spacial score (nSPS) is 20.9. The minimum absolute atomic E-state index is 0.177. The first-order chi connectivity index (χ1) is 16.3. The van der Waals surface area contributed by atoms with Gasteiger partial charge in [0, 0.05) is 5.41 Å². The van der Waals surface area contributed by atoms with Gasteiger partial charge in [-0.2, -0.15) is 0 Å². The predicted molar refractivity (Wildman–Crippen MR) is 140 cm³/mol. The Morgan fingerprint density at radius 2 is 1.61 bits per heavy atom. The molecular weight excluding hydrogens is 420 g/mol. The van der Waals surface area contributed by atoms with Crippen LogP contribution >= 0.6 is 11.8 Å². The van der Waals surface area contributed by atoms with Gasteiger partial charge in [0.1, 0.15) is 0 Å². The van der Waals surface area contributed by atoms with Gasteiger partial charge in [-0.1, -0.05) is 102 Å². The van der Waals surface area contributed by atoms with Crippen molar-refractivity contribution in [1.29, 1.82) is 0 Å². The molecule has 0 fully saturated rings. The average molecular weight is 447 g/mol. The van der Waals surface area contributed by atoms with Gasteiger partial charge in [0.05, 0.1) is 17.4 Å². The van der Waals surface area contributed by atoms with Gasteiger partial charge in [0.2, 0.25) is 0 Å². The molecule has 1 atom stereocenters.